The summed E-state index contributed by atoms with van der Waals surface area (Å²) >= 11 is 0. The minimum absolute atomic E-state index is 0.149. The zero-order valence-corrected chi connectivity index (χ0v) is 35.0. The highest BCUT2D eigenvalue weighted by atomic mass is 19.1. The van der Waals surface area contributed by atoms with Crippen molar-refractivity contribution in [2.45, 2.75) is 84.1 Å². The number of benzene rings is 2. The first-order valence-electron chi connectivity index (χ1n) is 20.9. The van der Waals surface area contributed by atoms with Crippen LogP contribution in [0.2, 0.25) is 0 Å². The van der Waals surface area contributed by atoms with E-state index >= 15 is 4.39 Å². The second-order valence-corrected chi connectivity index (χ2v) is 16.7. The minimum Gasteiger partial charge on any atom is -0.491 e. The maximum Gasteiger partial charge on any atom is 0.407 e. The number of hydrogen-bond acceptors (Lipinski definition) is 9. The fourth-order valence-electron chi connectivity index (χ4n) is 8.95. The normalized spacial score (nSPS) is 18.4. The summed E-state index contributed by atoms with van der Waals surface area (Å²) in [6.07, 6.45) is 5.74. The first-order valence-corrected chi connectivity index (χ1v) is 20.9. The third-order valence-corrected chi connectivity index (χ3v) is 12.1. The molecule has 4 amide bonds. The highest BCUT2D eigenvalue weighted by Crippen LogP contribution is 2.42. The van der Waals surface area contributed by atoms with Gasteiger partial charge in [0.05, 0.1) is 60.7 Å². The number of ether oxygens (including phenoxy) is 2. The Kier molecular flexibility index (Phi) is 11.6. The molecule has 0 spiro atoms. The highest BCUT2D eigenvalue weighted by Gasteiger charge is 2.39. The number of alkyl carbamates (subject to hydrolysis) is 1. The minimum atomic E-state index is -0.778. The van der Waals surface area contributed by atoms with E-state index in [1.165, 1.54) is 7.11 Å². The Morgan fingerprint density at radius 2 is 1.43 bits per heavy atom. The number of hydrogen-bond donors (Lipinski definition) is 5. The van der Waals surface area contributed by atoms with Crippen LogP contribution in [0, 0.1) is 17.7 Å². The van der Waals surface area contributed by atoms with Gasteiger partial charge in [-0.3, -0.25) is 14.4 Å². The number of nitrogens with one attached hydrogen (secondary N) is 4. The molecule has 0 saturated carbocycles. The van der Waals surface area contributed by atoms with Crippen LogP contribution in [0.3, 0.4) is 0 Å². The zero-order chi connectivity index (χ0) is 43.1. The number of aliphatic hydroxyl groups excluding tert-OH is 1. The summed E-state index contributed by atoms with van der Waals surface area (Å²) in [7, 11) is 1.27. The van der Waals surface area contributed by atoms with Gasteiger partial charge in [-0.2, -0.15) is 0 Å². The van der Waals surface area contributed by atoms with E-state index in [0.29, 0.717) is 72.4 Å². The van der Waals surface area contributed by atoms with Crippen molar-refractivity contribution in [1.29, 1.82) is 0 Å². The quantitative estimate of drug-likeness (QED) is 0.115. The van der Waals surface area contributed by atoms with Crippen LogP contribution in [0.1, 0.15) is 77.1 Å². The maximum atomic E-state index is 16.7. The molecule has 17 heteroatoms. The number of carbonyl (C=O) groups is 4. The molecule has 6 heterocycles. The van der Waals surface area contributed by atoms with Gasteiger partial charge >= 0.3 is 6.09 Å². The lowest BCUT2D eigenvalue weighted by molar-refractivity contribution is -0.139. The summed E-state index contributed by atoms with van der Waals surface area (Å²) in [4.78, 5) is 70.9. The number of imidazole rings is 2. The molecule has 0 bridgehead atoms. The lowest BCUT2D eigenvalue weighted by Gasteiger charge is -2.30. The largest absolute Gasteiger partial charge is 0.491 e. The van der Waals surface area contributed by atoms with Gasteiger partial charge in [0, 0.05) is 35.2 Å². The number of methoxy groups -OCH3 is 1. The third kappa shape index (κ3) is 7.82. The van der Waals surface area contributed by atoms with Crippen LogP contribution in [0.5, 0.6) is 5.75 Å². The summed E-state index contributed by atoms with van der Waals surface area (Å²) in [5.74, 6) is 0.0648. The fourth-order valence-corrected chi connectivity index (χ4v) is 8.95. The predicted octanol–water partition coefficient (Wildman–Crippen LogP) is 5.46. The Hall–Kier alpha value is -6.23. The van der Waals surface area contributed by atoms with E-state index in [1.807, 2.05) is 68.7 Å². The standard InChI is InChI=1S/C44H52FN9O7/c1-23(2)37(50-35(56)22-55)42(57)53-14-6-8-32(53)40-46-20-29(48-40)25-11-13-31-28(18-25)36(45)39-27-12-10-26(19-34(27)61-17-16-52(31)39)30-21-47-41(49-30)33-9-7-15-54(33)43(58)38(24(3)4)51-44(59)60-5/h10-13,18-21,23-24,32-33,37-38,55H,6-9,14-17,22H2,1-5H3,(H,46,48)(H,47,49)(H,50,56)(H,51,59)/t32-,33?,37?,38-/m0/s1. The molecule has 5 aromatic rings. The summed E-state index contributed by atoms with van der Waals surface area (Å²) in [6.45, 7) is 8.56. The smallest absolute Gasteiger partial charge is 0.407 e. The van der Waals surface area contributed by atoms with Crippen LogP contribution in [-0.2, 0) is 25.7 Å². The van der Waals surface area contributed by atoms with E-state index in [-0.39, 0.29) is 41.6 Å². The lowest BCUT2D eigenvalue weighted by atomic mass is 10.0. The zero-order valence-electron chi connectivity index (χ0n) is 35.0. The van der Waals surface area contributed by atoms with Crippen LogP contribution < -0.4 is 15.4 Å². The van der Waals surface area contributed by atoms with Crippen molar-refractivity contribution < 1.29 is 38.1 Å². The number of aliphatic hydroxyl groups is 1. The van der Waals surface area contributed by atoms with E-state index in [9.17, 15) is 24.3 Å². The molecule has 61 heavy (non-hydrogen) atoms. The van der Waals surface area contributed by atoms with Crippen molar-refractivity contribution >= 4 is 34.7 Å². The number of halogens is 1. The Morgan fingerprint density at radius 3 is 2.00 bits per heavy atom. The molecule has 2 aromatic carbocycles. The van der Waals surface area contributed by atoms with Gasteiger partial charge in [-0.05, 0) is 61.8 Å². The van der Waals surface area contributed by atoms with Gasteiger partial charge in [0.25, 0.3) is 0 Å². The summed E-state index contributed by atoms with van der Waals surface area (Å²) in [5, 5.41) is 15.1. The van der Waals surface area contributed by atoms with Gasteiger partial charge in [0.15, 0.2) is 5.82 Å². The number of H-pyrrole nitrogens is 2. The maximum absolute atomic E-state index is 16.7. The van der Waals surface area contributed by atoms with E-state index in [4.69, 9.17) is 9.47 Å². The second-order valence-electron chi connectivity index (χ2n) is 16.7. The van der Waals surface area contributed by atoms with Crippen molar-refractivity contribution in [3.05, 3.63) is 66.3 Å². The molecule has 2 saturated heterocycles. The molecule has 3 aliphatic rings. The molecule has 322 valence electrons. The highest BCUT2D eigenvalue weighted by molar-refractivity contribution is 5.93. The number of rotatable bonds is 11. The van der Waals surface area contributed by atoms with Crippen LogP contribution in [0.15, 0.2) is 48.8 Å². The number of amides is 4. The van der Waals surface area contributed by atoms with Gasteiger partial charge < -0.3 is 49.5 Å². The topological polar surface area (TPSA) is 200 Å². The number of fused-ring (bicyclic) bond motifs is 5. The molecule has 5 N–H and O–H groups in total. The first-order chi connectivity index (χ1) is 29.4. The van der Waals surface area contributed by atoms with Gasteiger partial charge in [0.2, 0.25) is 17.7 Å². The van der Waals surface area contributed by atoms with Crippen molar-refractivity contribution in [1.82, 2.24) is 44.9 Å². The van der Waals surface area contributed by atoms with Gasteiger partial charge in [-0.25, -0.2) is 19.2 Å². The lowest BCUT2D eigenvalue weighted by Crippen LogP contribution is -2.51. The molecule has 4 atom stereocenters. The van der Waals surface area contributed by atoms with Crippen LogP contribution >= 0.6 is 0 Å². The molecular formula is C44H52FN9O7. The molecule has 3 aliphatic heterocycles. The summed E-state index contributed by atoms with van der Waals surface area (Å²) in [5.41, 5.74) is 4.70. The Labute approximate surface area is 352 Å². The van der Waals surface area contributed by atoms with E-state index in [0.717, 1.165) is 41.6 Å². The van der Waals surface area contributed by atoms with Gasteiger partial charge in [-0.15, -0.1) is 0 Å². The average molecular weight is 838 g/mol. The molecule has 2 fully saturated rings. The molecule has 2 unspecified atom stereocenters. The second kappa shape index (κ2) is 17.0. The van der Waals surface area contributed by atoms with E-state index in [1.54, 1.807) is 22.2 Å². The van der Waals surface area contributed by atoms with Crippen molar-refractivity contribution in [2.24, 2.45) is 11.8 Å². The Balaban J connectivity index is 1.03. The number of carbonyl (C=O) groups excluding carboxylic acids is 4. The third-order valence-electron chi connectivity index (χ3n) is 12.1. The summed E-state index contributed by atoms with van der Waals surface area (Å²) < 4.78 is 29.7. The fraction of sp³-hybridized carbons (Fsp3) is 0.455. The summed E-state index contributed by atoms with van der Waals surface area (Å²) in [6, 6.07) is 9.14. The number of nitrogens with zero attached hydrogens (tertiary/aromatic N) is 5. The average Bonchev–Trinajstić information content (AvgIpc) is 4.11. The first kappa shape index (κ1) is 41.5. The molecule has 3 aromatic heterocycles. The van der Waals surface area contributed by atoms with E-state index in [2.05, 4.69) is 30.6 Å². The van der Waals surface area contributed by atoms with Crippen molar-refractivity contribution in [2.75, 3.05) is 33.4 Å². The molecule has 0 aliphatic carbocycles. The molecule has 0 radical (unpaired) electrons. The van der Waals surface area contributed by atoms with Crippen molar-refractivity contribution in [3.8, 4) is 39.5 Å². The molecular weight excluding hydrogens is 786 g/mol. The van der Waals surface area contributed by atoms with Gasteiger partial charge in [0.1, 0.15) is 42.7 Å². The van der Waals surface area contributed by atoms with E-state index < -0.39 is 30.7 Å². The van der Waals surface area contributed by atoms with Crippen LogP contribution in [-0.4, -0.2) is 109 Å². The molecule has 8 rings (SSSR count). The number of likely N-dealkylation sites (tertiary alicyclic amines) is 2. The number of aromatic nitrogens is 5. The Morgan fingerprint density at radius 1 is 0.852 bits per heavy atom. The Bertz CT molecular complexity index is 2470. The van der Waals surface area contributed by atoms with Gasteiger partial charge in [-0.1, -0.05) is 39.8 Å². The number of aromatic amines is 2. The van der Waals surface area contributed by atoms with Crippen LogP contribution in [0.4, 0.5) is 9.18 Å². The van der Waals surface area contributed by atoms with Crippen molar-refractivity contribution in [3.63, 3.8) is 0 Å². The predicted molar refractivity (Wildman–Crippen MR) is 223 cm³/mol. The van der Waals surface area contributed by atoms with Crippen LogP contribution in [0.25, 0.3) is 44.7 Å². The SMILES string of the molecule is COC(=O)N[C@H](C(=O)N1CCCC1c1ncc(-c2ccc3c(c2)OCCn2c-3c(F)c3cc(-c4cnc([C@@H]5CCCN5C(=O)C(NC(=O)CO)C(C)C)[nH]4)ccc32)[nH]1)C(C)C. The monoisotopic (exact) mass is 837 g/mol. The molecule has 16 nitrogen and oxygen atoms in total.